The zero-order valence-corrected chi connectivity index (χ0v) is 10.8. The fourth-order valence-electron chi connectivity index (χ4n) is 3.12. The maximum Gasteiger partial charge on any atom is 0.0451 e. The fraction of sp³-hybridized carbons (Fsp3) is 0.571. The third-order valence-corrected chi connectivity index (χ3v) is 4.51. The van der Waals surface area contributed by atoms with Gasteiger partial charge < -0.3 is 5.32 Å². The molecule has 92 valence electrons. The van der Waals surface area contributed by atoms with Gasteiger partial charge in [0.05, 0.1) is 0 Å². The van der Waals surface area contributed by atoms with Gasteiger partial charge in [-0.15, -0.1) is 0 Å². The molecule has 0 aliphatic carbocycles. The van der Waals surface area contributed by atoms with Crippen LogP contribution in [0.1, 0.15) is 12.0 Å². The topological polar surface area (TPSA) is 15.3 Å². The summed E-state index contributed by atoms with van der Waals surface area (Å²) >= 11 is 6.22. The van der Waals surface area contributed by atoms with Crippen molar-refractivity contribution < 1.29 is 0 Å². The van der Waals surface area contributed by atoms with E-state index in [1.807, 2.05) is 12.1 Å². The predicted molar refractivity (Wildman–Crippen MR) is 71.2 cm³/mol. The van der Waals surface area contributed by atoms with Crippen LogP contribution in [-0.2, 0) is 6.54 Å². The SMILES string of the molecule is Clc1ccccc1CN1CCC2CNCC2C1. The number of fused-ring (bicyclic) bond motifs is 1. The molecule has 2 aliphatic rings. The van der Waals surface area contributed by atoms with E-state index in [0.29, 0.717) is 0 Å². The van der Waals surface area contributed by atoms with Gasteiger partial charge in [0.1, 0.15) is 0 Å². The number of halogens is 1. The summed E-state index contributed by atoms with van der Waals surface area (Å²) in [6.45, 7) is 5.87. The molecule has 0 amide bonds. The number of benzene rings is 1. The van der Waals surface area contributed by atoms with Crippen LogP contribution in [0.3, 0.4) is 0 Å². The highest BCUT2D eigenvalue weighted by Crippen LogP contribution is 2.28. The van der Waals surface area contributed by atoms with Gasteiger partial charge in [0.2, 0.25) is 0 Å². The fourth-order valence-corrected chi connectivity index (χ4v) is 3.32. The molecule has 0 radical (unpaired) electrons. The Labute approximate surface area is 108 Å². The molecule has 0 aromatic heterocycles. The summed E-state index contributed by atoms with van der Waals surface area (Å²) in [5.74, 6) is 1.77. The van der Waals surface area contributed by atoms with Crippen LogP contribution in [0.25, 0.3) is 0 Å². The Morgan fingerprint density at radius 3 is 2.94 bits per heavy atom. The number of nitrogens with zero attached hydrogens (tertiary/aromatic N) is 1. The lowest BCUT2D eigenvalue weighted by Gasteiger charge is -2.34. The third kappa shape index (κ3) is 2.49. The summed E-state index contributed by atoms with van der Waals surface area (Å²) < 4.78 is 0. The van der Waals surface area contributed by atoms with E-state index in [1.165, 1.54) is 38.2 Å². The lowest BCUT2D eigenvalue weighted by molar-refractivity contribution is 0.142. The first kappa shape index (κ1) is 11.5. The first-order valence-corrected chi connectivity index (χ1v) is 6.87. The van der Waals surface area contributed by atoms with Gasteiger partial charge in [0.15, 0.2) is 0 Å². The molecule has 17 heavy (non-hydrogen) atoms. The first-order chi connectivity index (χ1) is 8.33. The Balaban J connectivity index is 1.64. The van der Waals surface area contributed by atoms with Gasteiger partial charge in [-0.3, -0.25) is 4.90 Å². The van der Waals surface area contributed by atoms with Crippen molar-refractivity contribution in [2.24, 2.45) is 11.8 Å². The largest absolute Gasteiger partial charge is 0.316 e. The molecule has 2 nitrogen and oxygen atoms in total. The van der Waals surface area contributed by atoms with E-state index in [0.717, 1.165) is 23.4 Å². The molecular formula is C14H19ClN2. The summed E-state index contributed by atoms with van der Waals surface area (Å²) in [5, 5.41) is 4.41. The molecule has 0 saturated carbocycles. The standard InChI is InChI=1S/C14H19ClN2/c15-14-4-2-1-3-12(14)9-17-6-5-11-7-16-8-13(11)10-17/h1-4,11,13,16H,5-10H2. The lowest BCUT2D eigenvalue weighted by atomic mass is 9.88. The van der Waals surface area contributed by atoms with Gasteiger partial charge in [-0.25, -0.2) is 0 Å². The molecule has 2 unspecified atom stereocenters. The van der Waals surface area contributed by atoms with E-state index in [2.05, 4.69) is 22.3 Å². The Morgan fingerprint density at radius 1 is 1.24 bits per heavy atom. The second kappa shape index (κ2) is 4.97. The smallest absolute Gasteiger partial charge is 0.0451 e. The number of hydrogen-bond donors (Lipinski definition) is 1. The highest BCUT2D eigenvalue weighted by atomic mass is 35.5. The quantitative estimate of drug-likeness (QED) is 0.867. The zero-order valence-electron chi connectivity index (χ0n) is 10.0. The maximum atomic E-state index is 6.22. The molecule has 2 saturated heterocycles. The van der Waals surface area contributed by atoms with Crippen molar-refractivity contribution in [3.8, 4) is 0 Å². The number of nitrogens with one attached hydrogen (secondary N) is 1. The minimum absolute atomic E-state index is 0.853. The predicted octanol–water partition coefficient (Wildman–Crippen LogP) is 2.38. The van der Waals surface area contributed by atoms with Gasteiger partial charge in [-0.1, -0.05) is 29.8 Å². The summed E-state index contributed by atoms with van der Waals surface area (Å²) in [6, 6.07) is 8.20. The molecule has 2 aliphatic heterocycles. The molecule has 1 aromatic rings. The van der Waals surface area contributed by atoms with Crippen molar-refractivity contribution in [1.82, 2.24) is 10.2 Å². The molecule has 3 heteroatoms. The number of likely N-dealkylation sites (tertiary alicyclic amines) is 1. The van der Waals surface area contributed by atoms with Gasteiger partial charge in [0, 0.05) is 18.1 Å². The Kier molecular flexibility index (Phi) is 3.37. The normalized spacial score (nSPS) is 29.2. The molecule has 2 fully saturated rings. The molecule has 1 aromatic carbocycles. The van der Waals surface area contributed by atoms with Gasteiger partial charge >= 0.3 is 0 Å². The minimum atomic E-state index is 0.853. The van der Waals surface area contributed by atoms with Crippen molar-refractivity contribution >= 4 is 11.6 Å². The second-order valence-corrected chi connectivity index (χ2v) is 5.70. The number of hydrogen-bond acceptors (Lipinski definition) is 2. The number of rotatable bonds is 2. The van der Waals surface area contributed by atoms with Gasteiger partial charge in [-0.05, 0) is 49.5 Å². The van der Waals surface area contributed by atoms with Crippen LogP contribution < -0.4 is 5.32 Å². The van der Waals surface area contributed by atoms with Crippen LogP contribution >= 0.6 is 11.6 Å². The van der Waals surface area contributed by atoms with Crippen molar-refractivity contribution in [3.63, 3.8) is 0 Å². The average molecular weight is 251 g/mol. The zero-order chi connectivity index (χ0) is 11.7. The molecule has 1 N–H and O–H groups in total. The van der Waals surface area contributed by atoms with Gasteiger partial charge in [-0.2, -0.15) is 0 Å². The lowest BCUT2D eigenvalue weighted by Crippen LogP contribution is -2.39. The monoisotopic (exact) mass is 250 g/mol. The van der Waals surface area contributed by atoms with E-state index < -0.39 is 0 Å². The Morgan fingerprint density at radius 2 is 2.06 bits per heavy atom. The van der Waals surface area contributed by atoms with Gasteiger partial charge in [0.25, 0.3) is 0 Å². The highest BCUT2D eigenvalue weighted by Gasteiger charge is 2.32. The molecular weight excluding hydrogens is 232 g/mol. The Hall–Kier alpha value is -0.570. The third-order valence-electron chi connectivity index (χ3n) is 4.14. The second-order valence-electron chi connectivity index (χ2n) is 5.29. The molecule has 3 rings (SSSR count). The van der Waals surface area contributed by atoms with Crippen molar-refractivity contribution in [3.05, 3.63) is 34.9 Å². The minimum Gasteiger partial charge on any atom is -0.316 e. The van der Waals surface area contributed by atoms with Crippen molar-refractivity contribution in [1.29, 1.82) is 0 Å². The summed E-state index contributed by atoms with van der Waals surface area (Å²) in [4.78, 5) is 2.55. The van der Waals surface area contributed by atoms with E-state index in [-0.39, 0.29) is 0 Å². The van der Waals surface area contributed by atoms with Crippen molar-refractivity contribution in [2.75, 3.05) is 26.2 Å². The van der Waals surface area contributed by atoms with Crippen LogP contribution in [0.4, 0.5) is 0 Å². The Bertz CT molecular complexity index is 394. The number of piperidine rings is 1. The molecule has 0 spiro atoms. The van der Waals surface area contributed by atoms with Crippen molar-refractivity contribution in [2.45, 2.75) is 13.0 Å². The first-order valence-electron chi connectivity index (χ1n) is 6.49. The van der Waals surface area contributed by atoms with Crippen LogP contribution in [-0.4, -0.2) is 31.1 Å². The summed E-state index contributed by atoms with van der Waals surface area (Å²) in [7, 11) is 0. The molecule has 0 bridgehead atoms. The summed E-state index contributed by atoms with van der Waals surface area (Å²) in [6.07, 6.45) is 1.34. The average Bonchev–Trinajstić information content (AvgIpc) is 2.79. The van der Waals surface area contributed by atoms with Crippen LogP contribution in [0, 0.1) is 11.8 Å². The van der Waals surface area contributed by atoms with Crippen LogP contribution in [0.15, 0.2) is 24.3 Å². The van der Waals surface area contributed by atoms with E-state index in [1.54, 1.807) is 0 Å². The van der Waals surface area contributed by atoms with Crippen LogP contribution in [0.5, 0.6) is 0 Å². The highest BCUT2D eigenvalue weighted by molar-refractivity contribution is 6.31. The van der Waals surface area contributed by atoms with E-state index in [4.69, 9.17) is 11.6 Å². The van der Waals surface area contributed by atoms with E-state index >= 15 is 0 Å². The van der Waals surface area contributed by atoms with E-state index in [9.17, 15) is 0 Å². The molecule has 2 atom stereocenters. The molecule has 2 heterocycles. The maximum absolute atomic E-state index is 6.22. The van der Waals surface area contributed by atoms with Crippen LogP contribution in [0.2, 0.25) is 5.02 Å². The summed E-state index contributed by atoms with van der Waals surface area (Å²) in [5.41, 5.74) is 1.26.